The summed E-state index contributed by atoms with van der Waals surface area (Å²) >= 11 is 11.8. The molecule has 3 rings (SSSR count). The van der Waals surface area contributed by atoms with Gasteiger partial charge in [-0.15, -0.1) is 10.2 Å². The highest BCUT2D eigenvalue weighted by Crippen LogP contribution is 2.24. The first-order valence-electron chi connectivity index (χ1n) is 6.75. The van der Waals surface area contributed by atoms with E-state index in [2.05, 4.69) is 10.2 Å². The molecule has 1 unspecified atom stereocenters. The molecule has 120 valence electrons. The summed E-state index contributed by atoms with van der Waals surface area (Å²) in [6, 6.07) is 3.41. The predicted molar refractivity (Wildman–Crippen MR) is 82.5 cm³/mol. The summed E-state index contributed by atoms with van der Waals surface area (Å²) in [6.07, 6.45) is 0. The van der Waals surface area contributed by atoms with E-state index in [0.717, 1.165) is 0 Å². The van der Waals surface area contributed by atoms with Crippen molar-refractivity contribution in [3.8, 4) is 0 Å². The van der Waals surface area contributed by atoms with E-state index in [-0.39, 0.29) is 18.7 Å². The molecule has 0 spiro atoms. The summed E-state index contributed by atoms with van der Waals surface area (Å²) < 4.78 is 1.70. The van der Waals surface area contributed by atoms with Crippen LogP contribution in [-0.2, 0) is 17.9 Å². The average molecular weight is 355 g/mol. The van der Waals surface area contributed by atoms with Crippen LogP contribution >= 0.6 is 23.2 Å². The molecule has 1 aliphatic rings. The first kappa shape index (κ1) is 15.8. The quantitative estimate of drug-likeness (QED) is 0.890. The van der Waals surface area contributed by atoms with Gasteiger partial charge in [-0.2, -0.15) is 0 Å². The molecule has 7 nitrogen and oxygen atoms in total. The molecule has 1 amide bonds. The molecule has 1 N–H and O–H groups in total. The van der Waals surface area contributed by atoms with Gasteiger partial charge in [-0.3, -0.25) is 4.79 Å². The van der Waals surface area contributed by atoms with Crippen LogP contribution in [-0.4, -0.2) is 42.7 Å². The SMILES string of the molecule is Cc1nnc2n1CC(C(=O)O)N(C(=O)c1cc(Cl)cc(Cl)c1)C2. The zero-order valence-electron chi connectivity index (χ0n) is 12.0. The number of aryl methyl sites for hydroxylation is 1. The third-order valence-electron chi connectivity index (χ3n) is 3.71. The Labute approximate surface area is 141 Å². The van der Waals surface area contributed by atoms with Gasteiger partial charge in [0.1, 0.15) is 11.9 Å². The molecule has 0 saturated heterocycles. The lowest BCUT2D eigenvalue weighted by Crippen LogP contribution is -2.50. The fourth-order valence-corrected chi connectivity index (χ4v) is 3.11. The van der Waals surface area contributed by atoms with E-state index in [1.165, 1.54) is 23.1 Å². The number of halogens is 2. The zero-order chi connectivity index (χ0) is 16.7. The Balaban J connectivity index is 1.99. The van der Waals surface area contributed by atoms with Gasteiger partial charge in [0.15, 0.2) is 5.82 Å². The van der Waals surface area contributed by atoms with Crippen molar-refractivity contribution < 1.29 is 14.7 Å². The molecule has 1 aromatic carbocycles. The number of carboxylic acid groups (broad SMARTS) is 1. The van der Waals surface area contributed by atoms with Crippen molar-refractivity contribution in [3.05, 3.63) is 45.5 Å². The Morgan fingerprint density at radius 1 is 1.22 bits per heavy atom. The van der Waals surface area contributed by atoms with Crippen LogP contribution in [0.2, 0.25) is 10.0 Å². The number of nitrogens with zero attached hydrogens (tertiary/aromatic N) is 4. The number of rotatable bonds is 2. The zero-order valence-corrected chi connectivity index (χ0v) is 13.5. The number of carbonyl (C=O) groups is 2. The summed E-state index contributed by atoms with van der Waals surface area (Å²) in [5, 5.41) is 18.0. The number of hydrogen-bond acceptors (Lipinski definition) is 4. The van der Waals surface area contributed by atoms with Crippen molar-refractivity contribution in [2.45, 2.75) is 26.1 Å². The number of hydrogen-bond donors (Lipinski definition) is 1. The van der Waals surface area contributed by atoms with Gasteiger partial charge in [0.05, 0.1) is 13.1 Å². The fourth-order valence-electron chi connectivity index (χ4n) is 2.58. The monoisotopic (exact) mass is 354 g/mol. The second-order valence-electron chi connectivity index (χ2n) is 5.22. The molecule has 2 aromatic rings. The lowest BCUT2D eigenvalue weighted by Gasteiger charge is -2.33. The number of aromatic nitrogens is 3. The van der Waals surface area contributed by atoms with Crippen molar-refractivity contribution >= 4 is 35.1 Å². The molecular weight excluding hydrogens is 343 g/mol. The Morgan fingerprint density at radius 2 is 1.87 bits per heavy atom. The van der Waals surface area contributed by atoms with Gasteiger partial charge in [-0.1, -0.05) is 23.2 Å². The molecule has 9 heteroatoms. The van der Waals surface area contributed by atoms with E-state index in [1.807, 2.05) is 0 Å². The largest absolute Gasteiger partial charge is 0.480 e. The molecule has 2 heterocycles. The maximum atomic E-state index is 12.7. The van der Waals surface area contributed by atoms with E-state index in [0.29, 0.717) is 21.7 Å². The van der Waals surface area contributed by atoms with E-state index in [4.69, 9.17) is 23.2 Å². The van der Waals surface area contributed by atoms with Gasteiger partial charge in [-0.05, 0) is 25.1 Å². The Morgan fingerprint density at radius 3 is 2.48 bits per heavy atom. The number of aliphatic carboxylic acids is 1. The number of carbonyl (C=O) groups excluding carboxylic acids is 1. The van der Waals surface area contributed by atoms with Gasteiger partial charge in [0.2, 0.25) is 0 Å². The molecule has 0 aliphatic carbocycles. The molecule has 0 saturated carbocycles. The van der Waals surface area contributed by atoms with Crippen LogP contribution in [0, 0.1) is 6.92 Å². The molecule has 1 aliphatic heterocycles. The minimum atomic E-state index is -1.09. The van der Waals surface area contributed by atoms with Crippen LogP contribution < -0.4 is 0 Å². The van der Waals surface area contributed by atoms with Crippen LogP contribution in [0.3, 0.4) is 0 Å². The summed E-state index contributed by atoms with van der Waals surface area (Å²) in [5.74, 6) is -0.399. The van der Waals surface area contributed by atoms with Crippen molar-refractivity contribution in [2.75, 3.05) is 0 Å². The van der Waals surface area contributed by atoms with Crippen LogP contribution in [0.1, 0.15) is 22.0 Å². The lowest BCUT2D eigenvalue weighted by molar-refractivity contribution is -0.143. The average Bonchev–Trinajstić information content (AvgIpc) is 2.85. The molecule has 0 radical (unpaired) electrons. The molecule has 0 fully saturated rings. The minimum Gasteiger partial charge on any atom is -0.480 e. The number of fused-ring (bicyclic) bond motifs is 1. The van der Waals surface area contributed by atoms with E-state index in [9.17, 15) is 14.7 Å². The van der Waals surface area contributed by atoms with E-state index < -0.39 is 17.9 Å². The number of amides is 1. The third-order valence-corrected chi connectivity index (χ3v) is 4.15. The van der Waals surface area contributed by atoms with Crippen LogP contribution in [0.15, 0.2) is 18.2 Å². The lowest BCUT2D eigenvalue weighted by atomic mass is 10.1. The highest BCUT2D eigenvalue weighted by Gasteiger charge is 2.36. The minimum absolute atomic E-state index is 0.0563. The maximum Gasteiger partial charge on any atom is 0.328 e. The summed E-state index contributed by atoms with van der Waals surface area (Å²) in [6.45, 7) is 1.90. The van der Waals surface area contributed by atoms with Gasteiger partial charge in [0, 0.05) is 15.6 Å². The summed E-state index contributed by atoms with van der Waals surface area (Å²) in [7, 11) is 0. The molecule has 0 bridgehead atoms. The molecule has 1 atom stereocenters. The van der Waals surface area contributed by atoms with Gasteiger partial charge >= 0.3 is 5.97 Å². The second kappa shape index (κ2) is 5.82. The van der Waals surface area contributed by atoms with Gasteiger partial charge in [0.25, 0.3) is 5.91 Å². The highest BCUT2D eigenvalue weighted by atomic mass is 35.5. The molecule has 23 heavy (non-hydrogen) atoms. The van der Waals surface area contributed by atoms with Crippen molar-refractivity contribution in [3.63, 3.8) is 0 Å². The first-order chi connectivity index (χ1) is 10.9. The smallest absolute Gasteiger partial charge is 0.328 e. The van der Waals surface area contributed by atoms with Crippen LogP contribution in [0.5, 0.6) is 0 Å². The second-order valence-corrected chi connectivity index (χ2v) is 6.09. The van der Waals surface area contributed by atoms with Crippen molar-refractivity contribution in [1.82, 2.24) is 19.7 Å². The summed E-state index contributed by atoms with van der Waals surface area (Å²) in [5.41, 5.74) is 0.235. The van der Waals surface area contributed by atoms with Crippen LogP contribution in [0.25, 0.3) is 0 Å². The summed E-state index contributed by atoms with van der Waals surface area (Å²) in [4.78, 5) is 25.5. The number of benzene rings is 1. The van der Waals surface area contributed by atoms with E-state index in [1.54, 1.807) is 11.5 Å². The van der Waals surface area contributed by atoms with Gasteiger partial charge < -0.3 is 14.6 Å². The molecule has 1 aromatic heterocycles. The topological polar surface area (TPSA) is 88.3 Å². The van der Waals surface area contributed by atoms with E-state index >= 15 is 0 Å². The molecular formula is C14H12Cl2N4O3. The maximum absolute atomic E-state index is 12.7. The predicted octanol–water partition coefficient (Wildman–Crippen LogP) is 2.00. The highest BCUT2D eigenvalue weighted by molar-refractivity contribution is 6.35. The van der Waals surface area contributed by atoms with Crippen LogP contribution in [0.4, 0.5) is 0 Å². The fraction of sp³-hybridized carbons (Fsp3) is 0.286. The van der Waals surface area contributed by atoms with Gasteiger partial charge in [-0.25, -0.2) is 4.79 Å². The van der Waals surface area contributed by atoms with Crippen molar-refractivity contribution in [2.24, 2.45) is 0 Å². The number of carboxylic acids is 1. The Kier molecular flexibility index (Phi) is 3.99. The Hall–Kier alpha value is -2.12. The third kappa shape index (κ3) is 2.89. The Bertz CT molecular complexity index is 785. The normalized spacial score (nSPS) is 17.0. The first-order valence-corrected chi connectivity index (χ1v) is 7.51. The van der Waals surface area contributed by atoms with Crippen molar-refractivity contribution in [1.29, 1.82) is 0 Å². The standard InChI is InChI=1S/C14H12Cl2N4O3/c1-7-17-18-12-6-20(11(14(22)23)5-19(7)12)13(21)8-2-9(15)4-10(16)3-8/h2-4,11H,5-6H2,1H3,(H,22,23).